The monoisotopic (exact) mass is 240 g/mol. The van der Waals surface area contributed by atoms with E-state index in [2.05, 4.69) is 34.6 Å². The Kier molecular flexibility index (Phi) is 11.1. The molecule has 0 aromatic heterocycles. The molecule has 0 aliphatic rings. The van der Waals surface area contributed by atoms with E-state index in [1.165, 1.54) is 57.8 Å². The Balaban J connectivity index is 3.65. The van der Waals surface area contributed by atoms with E-state index < -0.39 is 0 Å². The highest BCUT2D eigenvalue weighted by atomic mass is 14.2. The highest BCUT2D eigenvalue weighted by Gasteiger charge is 2.11. The summed E-state index contributed by atoms with van der Waals surface area (Å²) in [5.41, 5.74) is 0. The zero-order valence-corrected chi connectivity index (χ0v) is 13.1. The maximum Gasteiger partial charge on any atom is -0.0417 e. The summed E-state index contributed by atoms with van der Waals surface area (Å²) in [4.78, 5) is 0. The molecule has 0 radical (unpaired) electrons. The third kappa shape index (κ3) is 9.68. The van der Waals surface area contributed by atoms with Crippen LogP contribution in [0.4, 0.5) is 0 Å². The molecule has 0 saturated carbocycles. The summed E-state index contributed by atoms with van der Waals surface area (Å²) in [5.74, 6) is 2.87. The van der Waals surface area contributed by atoms with Crippen LogP contribution in [-0.2, 0) is 0 Å². The highest BCUT2D eigenvalue weighted by Crippen LogP contribution is 2.25. The SMILES string of the molecule is CCCCC(C)CC(C)CCC(CC)CCC. The quantitative estimate of drug-likeness (QED) is 0.389. The average molecular weight is 240 g/mol. The summed E-state index contributed by atoms with van der Waals surface area (Å²) in [7, 11) is 0. The van der Waals surface area contributed by atoms with Gasteiger partial charge in [-0.25, -0.2) is 0 Å². The van der Waals surface area contributed by atoms with Crippen LogP contribution in [0.15, 0.2) is 0 Å². The van der Waals surface area contributed by atoms with E-state index in [4.69, 9.17) is 0 Å². The van der Waals surface area contributed by atoms with Crippen molar-refractivity contribution >= 4 is 0 Å². The van der Waals surface area contributed by atoms with Gasteiger partial charge < -0.3 is 0 Å². The van der Waals surface area contributed by atoms with E-state index in [-0.39, 0.29) is 0 Å². The van der Waals surface area contributed by atoms with E-state index in [1.807, 2.05) is 0 Å². The third-order valence-corrected chi connectivity index (χ3v) is 4.20. The minimum absolute atomic E-state index is 0.938. The van der Waals surface area contributed by atoms with Gasteiger partial charge in [0.25, 0.3) is 0 Å². The minimum Gasteiger partial charge on any atom is -0.0654 e. The Bertz CT molecular complexity index is 150. The summed E-state index contributed by atoms with van der Waals surface area (Å²) in [6, 6.07) is 0. The van der Waals surface area contributed by atoms with Crippen molar-refractivity contribution in [3.8, 4) is 0 Å². The fourth-order valence-corrected chi connectivity index (χ4v) is 2.96. The van der Waals surface area contributed by atoms with Crippen molar-refractivity contribution in [2.75, 3.05) is 0 Å². The molecule has 0 bridgehead atoms. The topological polar surface area (TPSA) is 0 Å². The Morgan fingerprint density at radius 1 is 0.706 bits per heavy atom. The summed E-state index contributed by atoms with van der Waals surface area (Å²) in [5, 5.41) is 0. The maximum atomic E-state index is 2.46. The lowest BCUT2D eigenvalue weighted by Crippen LogP contribution is -2.06. The summed E-state index contributed by atoms with van der Waals surface area (Å²) in [6.07, 6.45) is 12.8. The summed E-state index contributed by atoms with van der Waals surface area (Å²) >= 11 is 0. The highest BCUT2D eigenvalue weighted by molar-refractivity contribution is 4.64. The van der Waals surface area contributed by atoms with Crippen LogP contribution < -0.4 is 0 Å². The molecule has 0 aliphatic heterocycles. The Hall–Kier alpha value is 0. The normalized spacial score (nSPS) is 16.8. The minimum atomic E-state index is 0.938. The van der Waals surface area contributed by atoms with Crippen LogP contribution in [-0.4, -0.2) is 0 Å². The van der Waals surface area contributed by atoms with Crippen molar-refractivity contribution in [1.29, 1.82) is 0 Å². The van der Waals surface area contributed by atoms with Crippen molar-refractivity contribution < 1.29 is 0 Å². The molecule has 0 fully saturated rings. The summed E-state index contributed by atoms with van der Waals surface area (Å²) in [6.45, 7) is 11.9. The predicted molar refractivity (Wildman–Crippen MR) is 80.4 cm³/mol. The van der Waals surface area contributed by atoms with Gasteiger partial charge in [-0.05, 0) is 24.2 Å². The molecule has 17 heavy (non-hydrogen) atoms. The van der Waals surface area contributed by atoms with Gasteiger partial charge in [0.1, 0.15) is 0 Å². The lowest BCUT2D eigenvalue weighted by Gasteiger charge is -2.20. The van der Waals surface area contributed by atoms with Crippen molar-refractivity contribution in [3.63, 3.8) is 0 Å². The smallest absolute Gasteiger partial charge is 0.0417 e. The first-order valence-corrected chi connectivity index (χ1v) is 8.13. The van der Waals surface area contributed by atoms with Gasteiger partial charge in [-0.2, -0.15) is 0 Å². The molecule has 3 atom stereocenters. The zero-order chi connectivity index (χ0) is 13.1. The van der Waals surface area contributed by atoms with Crippen LogP contribution in [0.25, 0.3) is 0 Å². The molecule has 0 aliphatic carbocycles. The van der Waals surface area contributed by atoms with Gasteiger partial charge in [0, 0.05) is 0 Å². The molecular formula is C17H36. The van der Waals surface area contributed by atoms with Crippen molar-refractivity contribution in [1.82, 2.24) is 0 Å². The van der Waals surface area contributed by atoms with Gasteiger partial charge in [-0.15, -0.1) is 0 Å². The van der Waals surface area contributed by atoms with Gasteiger partial charge in [0.05, 0.1) is 0 Å². The molecule has 0 heteroatoms. The van der Waals surface area contributed by atoms with Gasteiger partial charge in [-0.1, -0.05) is 86.0 Å². The van der Waals surface area contributed by atoms with Gasteiger partial charge >= 0.3 is 0 Å². The molecular weight excluding hydrogens is 204 g/mol. The largest absolute Gasteiger partial charge is 0.0654 e. The molecule has 3 unspecified atom stereocenters. The second-order valence-corrected chi connectivity index (χ2v) is 6.23. The first-order valence-electron chi connectivity index (χ1n) is 8.13. The second kappa shape index (κ2) is 11.1. The molecule has 0 aromatic carbocycles. The van der Waals surface area contributed by atoms with Crippen molar-refractivity contribution in [2.45, 2.75) is 92.4 Å². The van der Waals surface area contributed by atoms with Crippen LogP contribution in [0.2, 0.25) is 0 Å². The number of unbranched alkanes of at least 4 members (excludes halogenated alkanes) is 1. The Labute approximate surface area is 111 Å². The van der Waals surface area contributed by atoms with Crippen LogP contribution in [0.1, 0.15) is 92.4 Å². The number of hydrogen-bond donors (Lipinski definition) is 0. The van der Waals surface area contributed by atoms with Crippen LogP contribution in [0.5, 0.6) is 0 Å². The van der Waals surface area contributed by atoms with Crippen LogP contribution in [0, 0.1) is 17.8 Å². The molecule has 0 rings (SSSR count). The standard InChI is InChI=1S/C17H36/c1-6-9-11-15(4)14-16(5)12-13-17(8-3)10-7-2/h15-17H,6-14H2,1-5H3. The first kappa shape index (κ1) is 17.0. The molecule has 0 heterocycles. The zero-order valence-electron chi connectivity index (χ0n) is 13.1. The van der Waals surface area contributed by atoms with Crippen molar-refractivity contribution in [3.05, 3.63) is 0 Å². The number of rotatable bonds is 11. The van der Waals surface area contributed by atoms with Gasteiger partial charge in [-0.3, -0.25) is 0 Å². The van der Waals surface area contributed by atoms with Crippen molar-refractivity contribution in [2.24, 2.45) is 17.8 Å². The molecule has 0 amide bonds. The van der Waals surface area contributed by atoms with E-state index in [0.29, 0.717) is 0 Å². The maximum absolute atomic E-state index is 2.46. The fraction of sp³-hybridized carbons (Fsp3) is 1.00. The number of hydrogen-bond acceptors (Lipinski definition) is 0. The van der Waals surface area contributed by atoms with E-state index in [9.17, 15) is 0 Å². The predicted octanol–water partition coefficient (Wildman–Crippen LogP) is 6.45. The molecule has 0 nitrogen and oxygen atoms in total. The first-order chi connectivity index (χ1) is 8.13. The lowest BCUT2D eigenvalue weighted by atomic mass is 9.86. The second-order valence-electron chi connectivity index (χ2n) is 6.23. The fourth-order valence-electron chi connectivity index (χ4n) is 2.96. The van der Waals surface area contributed by atoms with E-state index in [1.54, 1.807) is 0 Å². The van der Waals surface area contributed by atoms with E-state index in [0.717, 1.165) is 17.8 Å². The Morgan fingerprint density at radius 3 is 1.88 bits per heavy atom. The Morgan fingerprint density at radius 2 is 1.35 bits per heavy atom. The molecule has 0 aromatic rings. The third-order valence-electron chi connectivity index (χ3n) is 4.20. The van der Waals surface area contributed by atoms with E-state index >= 15 is 0 Å². The molecule has 0 saturated heterocycles. The van der Waals surface area contributed by atoms with Gasteiger partial charge in [0.2, 0.25) is 0 Å². The van der Waals surface area contributed by atoms with Gasteiger partial charge in [0.15, 0.2) is 0 Å². The average Bonchev–Trinajstić information content (AvgIpc) is 2.31. The van der Waals surface area contributed by atoms with Crippen LogP contribution in [0.3, 0.4) is 0 Å². The van der Waals surface area contributed by atoms with Crippen LogP contribution >= 0.6 is 0 Å². The molecule has 104 valence electrons. The summed E-state index contributed by atoms with van der Waals surface area (Å²) < 4.78 is 0. The molecule has 0 spiro atoms. The lowest BCUT2D eigenvalue weighted by molar-refractivity contribution is 0.326. The molecule has 0 N–H and O–H groups in total.